The summed E-state index contributed by atoms with van der Waals surface area (Å²) in [5, 5.41) is 11.5. The van der Waals surface area contributed by atoms with Crippen LogP contribution < -0.4 is 0 Å². The van der Waals surface area contributed by atoms with Crippen molar-refractivity contribution >= 4 is 50.4 Å². The Morgan fingerprint density at radius 1 is 1.06 bits per heavy atom. The van der Waals surface area contributed by atoms with E-state index in [-0.39, 0.29) is 47.5 Å². The Morgan fingerprint density at radius 2 is 1.72 bits per heavy atom. The maximum atomic E-state index is 10.7. The van der Waals surface area contributed by atoms with Gasteiger partial charge in [-0.05, 0) is 17.4 Å². The number of hydrogen-bond donors (Lipinski definition) is 2. The van der Waals surface area contributed by atoms with E-state index in [1.807, 2.05) is 18.2 Å². The van der Waals surface area contributed by atoms with E-state index in [1.165, 1.54) is 0 Å². The molecular formula is C12H13NaO4S. The summed E-state index contributed by atoms with van der Waals surface area (Å²) < 4.78 is 30.0. The van der Waals surface area contributed by atoms with Crippen molar-refractivity contribution in [2.45, 2.75) is 6.42 Å². The molecule has 4 nitrogen and oxygen atoms in total. The van der Waals surface area contributed by atoms with Gasteiger partial charge in [0.1, 0.15) is 5.75 Å². The Kier molecular flexibility index (Phi) is 5.19. The van der Waals surface area contributed by atoms with Gasteiger partial charge in [-0.25, -0.2) is 0 Å². The molecule has 0 unspecified atom stereocenters. The standard InChI is InChI=1S/C12H12O4S.Na.H/c13-12-10(7-8-17(14,15)16)6-5-9-3-1-2-4-11(9)12;;/h1-6,13H,7-8H2,(H,14,15,16);;. The number of aromatic hydroxyl groups is 1. The van der Waals surface area contributed by atoms with Crippen LogP contribution in [0, 0.1) is 0 Å². The molecule has 0 heterocycles. The van der Waals surface area contributed by atoms with Crippen LogP contribution in [0.1, 0.15) is 5.56 Å². The average Bonchev–Trinajstić information content (AvgIpc) is 2.27. The van der Waals surface area contributed by atoms with Crippen molar-refractivity contribution in [3.63, 3.8) is 0 Å². The molecule has 0 saturated heterocycles. The van der Waals surface area contributed by atoms with Crippen LogP contribution in [0.2, 0.25) is 0 Å². The van der Waals surface area contributed by atoms with Crippen LogP contribution in [0.5, 0.6) is 5.75 Å². The number of phenolic OH excluding ortho intramolecular Hbond substituents is 1. The molecular weight excluding hydrogens is 263 g/mol. The second-order valence-corrected chi connectivity index (χ2v) is 5.40. The van der Waals surface area contributed by atoms with Gasteiger partial charge >= 0.3 is 29.6 Å². The van der Waals surface area contributed by atoms with E-state index in [0.29, 0.717) is 10.9 Å². The second-order valence-electron chi connectivity index (χ2n) is 3.83. The quantitative estimate of drug-likeness (QED) is 0.655. The Balaban J connectivity index is 0.00000162. The normalized spacial score (nSPS) is 11.2. The second kappa shape index (κ2) is 6.04. The zero-order valence-electron chi connectivity index (χ0n) is 9.00. The first-order valence-electron chi connectivity index (χ1n) is 5.12. The summed E-state index contributed by atoms with van der Waals surface area (Å²) in [5.41, 5.74) is 0.515. The fourth-order valence-electron chi connectivity index (χ4n) is 1.74. The van der Waals surface area contributed by atoms with E-state index >= 15 is 0 Å². The van der Waals surface area contributed by atoms with Crippen LogP contribution in [0.3, 0.4) is 0 Å². The minimum atomic E-state index is -4.00. The zero-order valence-corrected chi connectivity index (χ0v) is 9.81. The number of aryl methyl sites for hydroxylation is 1. The molecule has 0 aliphatic heterocycles. The van der Waals surface area contributed by atoms with Gasteiger partial charge < -0.3 is 5.11 Å². The predicted molar refractivity (Wildman–Crippen MR) is 72.9 cm³/mol. The maximum absolute atomic E-state index is 10.7. The Hall–Kier alpha value is -0.590. The summed E-state index contributed by atoms with van der Waals surface area (Å²) in [4.78, 5) is 0. The molecule has 0 spiro atoms. The molecule has 2 rings (SSSR count). The van der Waals surface area contributed by atoms with Gasteiger partial charge in [0.15, 0.2) is 0 Å². The van der Waals surface area contributed by atoms with Crippen LogP contribution in [-0.4, -0.2) is 53.4 Å². The van der Waals surface area contributed by atoms with E-state index in [9.17, 15) is 13.5 Å². The van der Waals surface area contributed by atoms with Gasteiger partial charge in [-0.15, -0.1) is 0 Å². The summed E-state index contributed by atoms with van der Waals surface area (Å²) in [7, 11) is -4.00. The monoisotopic (exact) mass is 276 g/mol. The molecule has 0 bridgehead atoms. The van der Waals surface area contributed by atoms with Gasteiger partial charge in [-0.1, -0.05) is 36.4 Å². The summed E-state index contributed by atoms with van der Waals surface area (Å²) in [6.45, 7) is 0. The number of rotatable bonds is 3. The van der Waals surface area contributed by atoms with Crippen molar-refractivity contribution in [2.75, 3.05) is 5.75 Å². The average molecular weight is 276 g/mol. The Morgan fingerprint density at radius 3 is 2.39 bits per heavy atom. The zero-order chi connectivity index (χ0) is 12.5. The van der Waals surface area contributed by atoms with Crippen LogP contribution in [0.25, 0.3) is 10.8 Å². The van der Waals surface area contributed by atoms with E-state index in [0.717, 1.165) is 5.39 Å². The van der Waals surface area contributed by atoms with E-state index in [2.05, 4.69) is 0 Å². The third kappa shape index (κ3) is 3.70. The van der Waals surface area contributed by atoms with E-state index < -0.39 is 10.1 Å². The minimum absolute atomic E-state index is 0. The van der Waals surface area contributed by atoms with E-state index in [4.69, 9.17) is 4.55 Å². The number of benzene rings is 2. The SMILES string of the molecule is O=S(=O)(O)CCc1ccc2ccccc2c1O.[NaH]. The molecule has 0 amide bonds. The van der Waals surface area contributed by atoms with Crippen molar-refractivity contribution in [3.8, 4) is 5.75 Å². The number of phenols is 1. The van der Waals surface area contributed by atoms with Crippen LogP contribution in [0.4, 0.5) is 0 Å². The molecule has 0 aromatic heterocycles. The summed E-state index contributed by atoms with van der Waals surface area (Å²) in [6, 6.07) is 10.8. The number of hydrogen-bond acceptors (Lipinski definition) is 3. The van der Waals surface area contributed by atoms with Gasteiger partial charge in [0.25, 0.3) is 10.1 Å². The summed E-state index contributed by atoms with van der Waals surface area (Å²) >= 11 is 0. The summed E-state index contributed by atoms with van der Waals surface area (Å²) in [5.74, 6) is -0.314. The molecule has 0 saturated carbocycles. The molecule has 92 valence electrons. The van der Waals surface area contributed by atoms with Gasteiger partial charge in [-0.2, -0.15) is 8.42 Å². The fourth-order valence-corrected chi connectivity index (χ4v) is 2.22. The molecule has 18 heavy (non-hydrogen) atoms. The van der Waals surface area contributed by atoms with Gasteiger partial charge in [0.05, 0.1) is 5.75 Å². The van der Waals surface area contributed by atoms with Crippen LogP contribution in [-0.2, 0) is 16.5 Å². The van der Waals surface area contributed by atoms with E-state index in [1.54, 1.807) is 18.2 Å². The molecule has 6 heteroatoms. The molecule has 0 radical (unpaired) electrons. The fraction of sp³-hybridized carbons (Fsp3) is 0.167. The predicted octanol–water partition coefficient (Wildman–Crippen LogP) is 1.33. The molecule has 2 N–H and O–H groups in total. The topological polar surface area (TPSA) is 74.6 Å². The van der Waals surface area contributed by atoms with Gasteiger partial charge in [0, 0.05) is 5.39 Å². The number of fused-ring (bicyclic) bond motifs is 1. The molecule has 0 atom stereocenters. The molecule has 0 fully saturated rings. The van der Waals surface area contributed by atoms with Crippen molar-refractivity contribution in [2.24, 2.45) is 0 Å². The molecule has 2 aromatic rings. The van der Waals surface area contributed by atoms with Crippen LogP contribution in [0.15, 0.2) is 36.4 Å². The van der Waals surface area contributed by atoms with Gasteiger partial charge in [0.2, 0.25) is 0 Å². The molecule has 0 aliphatic carbocycles. The molecule has 2 aromatic carbocycles. The third-order valence-corrected chi connectivity index (χ3v) is 3.33. The Bertz CT molecular complexity index is 652. The van der Waals surface area contributed by atoms with Crippen LogP contribution >= 0.6 is 0 Å². The first-order valence-corrected chi connectivity index (χ1v) is 6.73. The van der Waals surface area contributed by atoms with Crippen molar-refractivity contribution in [3.05, 3.63) is 42.0 Å². The molecule has 0 aliphatic rings. The Labute approximate surface area is 128 Å². The first kappa shape index (κ1) is 15.5. The van der Waals surface area contributed by atoms with Crippen molar-refractivity contribution < 1.29 is 18.1 Å². The van der Waals surface area contributed by atoms with Gasteiger partial charge in [-0.3, -0.25) is 4.55 Å². The van der Waals surface area contributed by atoms with Crippen molar-refractivity contribution in [1.29, 1.82) is 0 Å². The van der Waals surface area contributed by atoms with Crippen molar-refractivity contribution in [1.82, 2.24) is 0 Å². The first-order chi connectivity index (χ1) is 7.97. The third-order valence-electron chi connectivity index (χ3n) is 2.61. The summed E-state index contributed by atoms with van der Waals surface area (Å²) in [6.07, 6.45) is 0.0928.